The molecule has 12 heavy (non-hydrogen) atoms. The van der Waals surface area contributed by atoms with Crippen LogP contribution in [0.1, 0.15) is 27.2 Å². The summed E-state index contributed by atoms with van der Waals surface area (Å²) in [6.07, 6.45) is 0.746. The van der Waals surface area contributed by atoms with E-state index >= 15 is 0 Å². The van der Waals surface area contributed by atoms with Crippen LogP contribution >= 0.6 is 0 Å². The molecule has 0 aliphatic carbocycles. The average Bonchev–Trinajstić information content (AvgIpc) is 1.97. The van der Waals surface area contributed by atoms with E-state index in [1.807, 2.05) is 6.92 Å². The molecule has 0 amide bonds. The van der Waals surface area contributed by atoms with Gasteiger partial charge in [0.05, 0.1) is 5.54 Å². The van der Waals surface area contributed by atoms with Gasteiger partial charge in [-0.3, -0.25) is 4.79 Å². The van der Waals surface area contributed by atoms with Crippen LogP contribution in [0.5, 0.6) is 0 Å². The second-order valence-electron chi connectivity index (χ2n) is 3.77. The fraction of sp³-hybridized carbons (Fsp3) is 0.889. The molecule has 3 heteroatoms. The molecule has 1 atom stereocenters. The van der Waals surface area contributed by atoms with Gasteiger partial charge in [-0.1, -0.05) is 6.92 Å². The molecule has 0 aromatic carbocycles. The first kappa shape index (κ1) is 11.6. The van der Waals surface area contributed by atoms with Crippen molar-refractivity contribution >= 4 is 5.78 Å². The number of ether oxygens (including phenoxy) is 1. The molecule has 2 N–H and O–H groups in total. The molecule has 0 fully saturated rings. The standard InChI is InChI=1S/C9H19NO2/c1-7(5-6-12-4)8(11)9(2,3)10/h7H,5-6,10H2,1-4H3. The largest absolute Gasteiger partial charge is 0.385 e. The zero-order valence-corrected chi connectivity index (χ0v) is 8.39. The van der Waals surface area contributed by atoms with Crippen LogP contribution < -0.4 is 5.73 Å². The molecule has 0 aromatic rings. The number of ketones is 1. The van der Waals surface area contributed by atoms with Gasteiger partial charge in [0.2, 0.25) is 0 Å². The van der Waals surface area contributed by atoms with Crippen molar-refractivity contribution in [1.82, 2.24) is 0 Å². The lowest BCUT2D eigenvalue weighted by molar-refractivity contribution is -0.127. The predicted molar refractivity (Wildman–Crippen MR) is 48.9 cm³/mol. The highest BCUT2D eigenvalue weighted by molar-refractivity contribution is 5.89. The fourth-order valence-electron chi connectivity index (χ4n) is 1.06. The summed E-state index contributed by atoms with van der Waals surface area (Å²) in [5, 5.41) is 0. The number of carbonyl (C=O) groups excluding carboxylic acids is 1. The Balaban J connectivity index is 3.94. The van der Waals surface area contributed by atoms with E-state index in [9.17, 15) is 4.79 Å². The molecule has 0 radical (unpaired) electrons. The van der Waals surface area contributed by atoms with Gasteiger partial charge in [-0.25, -0.2) is 0 Å². The molecule has 0 saturated carbocycles. The van der Waals surface area contributed by atoms with E-state index in [-0.39, 0.29) is 11.7 Å². The second kappa shape index (κ2) is 4.58. The van der Waals surface area contributed by atoms with Crippen LogP contribution in [0, 0.1) is 5.92 Å². The van der Waals surface area contributed by atoms with Crippen molar-refractivity contribution in [1.29, 1.82) is 0 Å². The van der Waals surface area contributed by atoms with Crippen LogP contribution in [0.15, 0.2) is 0 Å². The van der Waals surface area contributed by atoms with Crippen molar-refractivity contribution in [3.8, 4) is 0 Å². The number of nitrogens with two attached hydrogens (primary N) is 1. The van der Waals surface area contributed by atoms with Crippen LogP contribution in [0.25, 0.3) is 0 Å². The first-order valence-corrected chi connectivity index (χ1v) is 4.21. The van der Waals surface area contributed by atoms with E-state index in [1.54, 1.807) is 21.0 Å². The topological polar surface area (TPSA) is 52.3 Å². The summed E-state index contributed by atoms with van der Waals surface area (Å²) in [5.74, 6) is 0.0875. The molecule has 72 valence electrons. The Labute approximate surface area is 74.3 Å². The Bertz CT molecular complexity index is 149. The maximum absolute atomic E-state index is 11.5. The summed E-state index contributed by atoms with van der Waals surface area (Å²) in [6.45, 7) is 5.97. The summed E-state index contributed by atoms with van der Waals surface area (Å²) >= 11 is 0. The van der Waals surface area contributed by atoms with E-state index in [1.165, 1.54) is 0 Å². The molecule has 0 aliphatic heterocycles. The fourth-order valence-corrected chi connectivity index (χ4v) is 1.06. The molecular weight excluding hydrogens is 154 g/mol. The maximum atomic E-state index is 11.5. The number of Topliss-reactive ketones (excluding diaryl/α,β-unsaturated/α-hetero) is 1. The van der Waals surface area contributed by atoms with Crippen molar-refractivity contribution in [2.45, 2.75) is 32.7 Å². The summed E-state index contributed by atoms with van der Waals surface area (Å²) in [5.41, 5.74) is 4.95. The third-order valence-electron chi connectivity index (χ3n) is 1.84. The minimum absolute atomic E-state index is 0.00931. The van der Waals surface area contributed by atoms with E-state index in [0.29, 0.717) is 6.61 Å². The third kappa shape index (κ3) is 3.83. The molecule has 0 bridgehead atoms. The van der Waals surface area contributed by atoms with Crippen LogP contribution in [-0.2, 0) is 9.53 Å². The normalized spacial score (nSPS) is 14.4. The second-order valence-corrected chi connectivity index (χ2v) is 3.77. The third-order valence-corrected chi connectivity index (χ3v) is 1.84. The van der Waals surface area contributed by atoms with E-state index in [4.69, 9.17) is 10.5 Å². The Kier molecular flexibility index (Phi) is 4.42. The summed E-state index contributed by atoms with van der Waals surface area (Å²) < 4.78 is 4.88. The number of hydrogen-bond donors (Lipinski definition) is 1. The number of hydrogen-bond acceptors (Lipinski definition) is 3. The first-order chi connectivity index (χ1) is 5.39. The highest BCUT2D eigenvalue weighted by atomic mass is 16.5. The number of methoxy groups -OCH3 is 1. The van der Waals surface area contributed by atoms with Crippen molar-refractivity contribution in [3.05, 3.63) is 0 Å². The van der Waals surface area contributed by atoms with Gasteiger partial charge in [0.15, 0.2) is 5.78 Å². The molecule has 0 aromatic heterocycles. The number of carbonyl (C=O) groups is 1. The van der Waals surface area contributed by atoms with Gasteiger partial charge in [0.1, 0.15) is 0 Å². The lowest BCUT2D eigenvalue weighted by Crippen LogP contribution is -2.44. The van der Waals surface area contributed by atoms with Gasteiger partial charge in [-0.05, 0) is 20.3 Å². The molecule has 0 aliphatic rings. The monoisotopic (exact) mass is 173 g/mol. The maximum Gasteiger partial charge on any atom is 0.154 e. The zero-order chi connectivity index (χ0) is 9.78. The van der Waals surface area contributed by atoms with Crippen LogP contribution in [-0.4, -0.2) is 25.0 Å². The number of rotatable bonds is 5. The van der Waals surface area contributed by atoms with Crippen LogP contribution in [0.4, 0.5) is 0 Å². The van der Waals surface area contributed by atoms with Crippen molar-refractivity contribution in [2.24, 2.45) is 11.7 Å². The van der Waals surface area contributed by atoms with Crippen molar-refractivity contribution < 1.29 is 9.53 Å². The minimum atomic E-state index is -0.715. The highest BCUT2D eigenvalue weighted by Crippen LogP contribution is 2.11. The molecule has 1 unspecified atom stereocenters. The first-order valence-electron chi connectivity index (χ1n) is 4.21. The molecule has 3 nitrogen and oxygen atoms in total. The highest BCUT2D eigenvalue weighted by Gasteiger charge is 2.26. The summed E-state index contributed by atoms with van der Waals surface area (Å²) in [6, 6.07) is 0. The minimum Gasteiger partial charge on any atom is -0.385 e. The molecule has 0 rings (SSSR count). The van der Waals surface area contributed by atoms with Gasteiger partial charge in [0.25, 0.3) is 0 Å². The lowest BCUT2D eigenvalue weighted by Gasteiger charge is -2.21. The van der Waals surface area contributed by atoms with Gasteiger partial charge in [-0.2, -0.15) is 0 Å². The van der Waals surface area contributed by atoms with E-state index in [0.717, 1.165) is 6.42 Å². The molecule has 0 spiro atoms. The van der Waals surface area contributed by atoms with Crippen molar-refractivity contribution in [2.75, 3.05) is 13.7 Å². The Morgan fingerprint density at radius 3 is 2.42 bits per heavy atom. The summed E-state index contributed by atoms with van der Waals surface area (Å²) in [7, 11) is 1.63. The van der Waals surface area contributed by atoms with Gasteiger partial charge in [-0.15, -0.1) is 0 Å². The molecule has 0 heterocycles. The van der Waals surface area contributed by atoms with E-state index in [2.05, 4.69) is 0 Å². The average molecular weight is 173 g/mol. The van der Waals surface area contributed by atoms with Crippen LogP contribution in [0.2, 0.25) is 0 Å². The predicted octanol–water partition coefficient (Wildman–Crippen LogP) is 0.965. The molecule has 0 saturated heterocycles. The lowest BCUT2D eigenvalue weighted by atomic mass is 9.89. The smallest absolute Gasteiger partial charge is 0.154 e. The van der Waals surface area contributed by atoms with Crippen LogP contribution in [0.3, 0.4) is 0 Å². The quantitative estimate of drug-likeness (QED) is 0.674. The van der Waals surface area contributed by atoms with Crippen molar-refractivity contribution in [3.63, 3.8) is 0 Å². The van der Waals surface area contributed by atoms with Gasteiger partial charge in [0, 0.05) is 19.6 Å². The summed E-state index contributed by atoms with van der Waals surface area (Å²) in [4.78, 5) is 11.5. The SMILES string of the molecule is COCCC(C)C(=O)C(C)(C)N. The molecular formula is C9H19NO2. The zero-order valence-electron chi connectivity index (χ0n) is 8.39. The Morgan fingerprint density at radius 1 is 1.58 bits per heavy atom. The Morgan fingerprint density at radius 2 is 2.08 bits per heavy atom. The Hall–Kier alpha value is -0.410. The van der Waals surface area contributed by atoms with E-state index < -0.39 is 5.54 Å². The van der Waals surface area contributed by atoms with Gasteiger partial charge >= 0.3 is 0 Å². The van der Waals surface area contributed by atoms with Gasteiger partial charge < -0.3 is 10.5 Å².